The molecule has 2 aromatic rings. The predicted molar refractivity (Wildman–Crippen MR) is 60.8 cm³/mol. The number of thioether (sulfide) groups is 1. The summed E-state index contributed by atoms with van der Waals surface area (Å²) >= 11 is 7.24. The average molecular weight is 230 g/mol. The molecule has 0 saturated carbocycles. The van der Waals surface area contributed by atoms with Gasteiger partial charge in [-0.1, -0.05) is 0 Å². The molecule has 2 rings (SSSR count). The lowest BCUT2D eigenvalue weighted by Gasteiger charge is -1.99. The molecule has 0 spiro atoms. The Hall–Kier alpha value is -0.190. The van der Waals surface area contributed by atoms with Gasteiger partial charge < -0.3 is 0 Å². The van der Waals surface area contributed by atoms with Gasteiger partial charge in [0.05, 0.1) is 0 Å². The molecule has 0 nitrogen and oxygen atoms in total. The number of benzene rings is 1. The highest BCUT2D eigenvalue weighted by Crippen LogP contribution is 2.33. The largest absolute Gasteiger partial charge is 0.206 e. The first-order valence-electron chi connectivity index (χ1n) is 3.66. The van der Waals surface area contributed by atoms with Crippen LogP contribution >= 0.6 is 35.7 Å². The molecule has 1 aromatic carbocycles. The maximum atomic E-state index is 13.3. The number of thiophene rings is 1. The van der Waals surface area contributed by atoms with Crippen molar-refractivity contribution in [2.24, 2.45) is 0 Å². The summed E-state index contributed by atoms with van der Waals surface area (Å²) in [6.45, 7) is 0. The van der Waals surface area contributed by atoms with Crippen LogP contribution in [0.5, 0.6) is 0 Å². The van der Waals surface area contributed by atoms with E-state index in [4.69, 9.17) is 0 Å². The van der Waals surface area contributed by atoms with E-state index in [-0.39, 0.29) is 5.82 Å². The summed E-state index contributed by atoms with van der Waals surface area (Å²) in [6.07, 6.45) is 1.87. The second-order valence-corrected chi connectivity index (χ2v) is 4.84. The van der Waals surface area contributed by atoms with Crippen LogP contribution in [0.3, 0.4) is 0 Å². The fraction of sp³-hybridized carbons (Fsp3) is 0.111. The van der Waals surface area contributed by atoms with Gasteiger partial charge in [-0.3, -0.25) is 0 Å². The molecule has 0 amide bonds. The lowest BCUT2D eigenvalue weighted by Crippen LogP contribution is -1.78. The van der Waals surface area contributed by atoms with Gasteiger partial charge in [0.1, 0.15) is 5.82 Å². The summed E-state index contributed by atoms with van der Waals surface area (Å²) in [5.41, 5.74) is 0. The van der Waals surface area contributed by atoms with Gasteiger partial charge in [-0.25, -0.2) is 4.39 Å². The van der Waals surface area contributed by atoms with Crippen molar-refractivity contribution in [2.45, 2.75) is 9.79 Å². The van der Waals surface area contributed by atoms with Crippen molar-refractivity contribution in [1.82, 2.24) is 0 Å². The van der Waals surface area contributed by atoms with Crippen molar-refractivity contribution in [2.75, 3.05) is 6.26 Å². The van der Waals surface area contributed by atoms with Gasteiger partial charge in [0.25, 0.3) is 0 Å². The van der Waals surface area contributed by atoms with E-state index >= 15 is 0 Å². The van der Waals surface area contributed by atoms with Crippen LogP contribution in [0.4, 0.5) is 4.39 Å². The molecule has 0 radical (unpaired) electrons. The summed E-state index contributed by atoms with van der Waals surface area (Å²) in [5.74, 6) is -0.143. The molecule has 0 N–H and O–H groups in total. The highest BCUT2D eigenvalue weighted by molar-refractivity contribution is 7.98. The molecule has 1 aromatic heterocycles. The monoisotopic (exact) mass is 230 g/mol. The van der Waals surface area contributed by atoms with Crippen molar-refractivity contribution in [3.63, 3.8) is 0 Å². The molecule has 0 unspecified atom stereocenters. The second kappa shape index (κ2) is 3.52. The Kier molecular flexibility index (Phi) is 2.53. The zero-order valence-corrected chi connectivity index (χ0v) is 9.40. The van der Waals surface area contributed by atoms with Crippen LogP contribution in [0.2, 0.25) is 0 Å². The molecular weight excluding hydrogens is 223 g/mol. The van der Waals surface area contributed by atoms with E-state index in [1.54, 1.807) is 6.07 Å². The van der Waals surface area contributed by atoms with Crippen LogP contribution in [-0.4, -0.2) is 6.26 Å². The minimum atomic E-state index is -0.143. The first-order valence-corrected chi connectivity index (χ1v) is 6.21. The van der Waals surface area contributed by atoms with Crippen LogP contribution in [0.15, 0.2) is 27.3 Å². The molecular formula is C9H7FS3. The Balaban J connectivity index is 2.77. The molecule has 0 aliphatic heterocycles. The van der Waals surface area contributed by atoms with E-state index in [1.165, 1.54) is 23.1 Å². The Bertz CT molecular complexity index is 447. The van der Waals surface area contributed by atoms with Crippen LogP contribution in [0.25, 0.3) is 10.1 Å². The minimum Gasteiger partial charge on any atom is -0.206 e. The third kappa shape index (κ3) is 1.58. The van der Waals surface area contributed by atoms with E-state index in [0.717, 1.165) is 15.0 Å². The van der Waals surface area contributed by atoms with E-state index in [9.17, 15) is 4.39 Å². The lowest BCUT2D eigenvalue weighted by molar-refractivity contribution is 0.604. The molecule has 0 saturated heterocycles. The Morgan fingerprint density at radius 3 is 2.92 bits per heavy atom. The minimum absolute atomic E-state index is 0.143. The highest BCUT2D eigenvalue weighted by atomic mass is 32.2. The summed E-state index contributed by atoms with van der Waals surface area (Å²) < 4.78 is 14.2. The molecule has 0 atom stereocenters. The topological polar surface area (TPSA) is 0 Å². The number of hydrogen-bond donors (Lipinski definition) is 1. The van der Waals surface area contributed by atoms with Crippen molar-refractivity contribution in [3.8, 4) is 0 Å². The normalized spacial score (nSPS) is 11.0. The standard InChI is InChI=1S/C9H7FS3/c1-12-9-2-5-7(11)4-13-8(5)3-6(9)10/h2-4,11H,1H3. The van der Waals surface area contributed by atoms with E-state index < -0.39 is 0 Å². The number of fused-ring (bicyclic) bond motifs is 1. The van der Waals surface area contributed by atoms with Gasteiger partial charge in [0.2, 0.25) is 0 Å². The van der Waals surface area contributed by atoms with Crippen molar-refractivity contribution < 1.29 is 4.39 Å². The third-order valence-electron chi connectivity index (χ3n) is 1.83. The van der Waals surface area contributed by atoms with Crippen LogP contribution < -0.4 is 0 Å². The van der Waals surface area contributed by atoms with E-state index in [2.05, 4.69) is 12.6 Å². The molecule has 0 aliphatic rings. The molecule has 0 aliphatic carbocycles. The van der Waals surface area contributed by atoms with Gasteiger partial charge in [-0.15, -0.1) is 35.7 Å². The number of hydrogen-bond acceptors (Lipinski definition) is 3. The summed E-state index contributed by atoms with van der Waals surface area (Å²) in [6, 6.07) is 3.43. The number of thiol groups is 1. The summed E-state index contributed by atoms with van der Waals surface area (Å²) in [5, 5.41) is 2.97. The van der Waals surface area contributed by atoms with Crippen molar-refractivity contribution in [3.05, 3.63) is 23.3 Å². The smallest absolute Gasteiger partial charge is 0.138 e. The Morgan fingerprint density at radius 2 is 2.23 bits per heavy atom. The van der Waals surface area contributed by atoms with Gasteiger partial charge in [-0.05, 0) is 18.4 Å². The second-order valence-electron chi connectivity index (χ2n) is 2.60. The Labute approximate surface area is 89.6 Å². The molecule has 13 heavy (non-hydrogen) atoms. The van der Waals surface area contributed by atoms with Gasteiger partial charge in [-0.2, -0.15) is 0 Å². The van der Waals surface area contributed by atoms with Crippen molar-refractivity contribution >= 4 is 45.8 Å². The fourth-order valence-corrected chi connectivity index (χ4v) is 2.91. The molecule has 4 heteroatoms. The summed E-state index contributed by atoms with van der Waals surface area (Å²) in [7, 11) is 0. The highest BCUT2D eigenvalue weighted by Gasteiger charge is 2.06. The first kappa shape index (κ1) is 9.37. The van der Waals surface area contributed by atoms with Gasteiger partial charge in [0.15, 0.2) is 0 Å². The Morgan fingerprint density at radius 1 is 1.46 bits per heavy atom. The van der Waals surface area contributed by atoms with Crippen molar-refractivity contribution in [1.29, 1.82) is 0 Å². The maximum absolute atomic E-state index is 13.3. The lowest BCUT2D eigenvalue weighted by atomic mass is 10.2. The molecule has 1 heterocycles. The SMILES string of the molecule is CSc1cc2c(S)csc2cc1F. The average Bonchev–Trinajstić information content (AvgIpc) is 2.46. The first-order chi connectivity index (χ1) is 6.22. The van der Waals surface area contributed by atoms with Gasteiger partial charge in [0, 0.05) is 25.3 Å². The molecule has 0 fully saturated rings. The zero-order valence-electron chi connectivity index (χ0n) is 6.87. The zero-order chi connectivity index (χ0) is 9.42. The molecule has 68 valence electrons. The number of halogens is 1. The van der Waals surface area contributed by atoms with Crippen LogP contribution in [0, 0.1) is 5.82 Å². The quantitative estimate of drug-likeness (QED) is 0.569. The number of rotatable bonds is 1. The predicted octanol–water partition coefficient (Wildman–Crippen LogP) is 4.05. The van der Waals surface area contributed by atoms with Gasteiger partial charge >= 0.3 is 0 Å². The van der Waals surface area contributed by atoms with Crippen LogP contribution in [-0.2, 0) is 0 Å². The third-order valence-corrected chi connectivity index (χ3v) is 4.07. The summed E-state index contributed by atoms with van der Waals surface area (Å²) in [4.78, 5) is 1.61. The maximum Gasteiger partial charge on any atom is 0.138 e. The van der Waals surface area contributed by atoms with Crippen LogP contribution in [0.1, 0.15) is 0 Å². The fourth-order valence-electron chi connectivity index (χ4n) is 1.17. The van der Waals surface area contributed by atoms with E-state index in [0.29, 0.717) is 4.90 Å². The van der Waals surface area contributed by atoms with E-state index in [1.807, 2.05) is 17.7 Å². The molecule has 0 bridgehead atoms.